The van der Waals surface area contributed by atoms with E-state index in [0.29, 0.717) is 5.69 Å². The number of primary amides is 1. The zero-order valence-electron chi connectivity index (χ0n) is 11.4. The van der Waals surface area contributed by atoms with Crippen molar-refractivity contribution in [2.24, 2.45) is 5.73 Å². The summed E-state index contributed by atoms with van der Waals surface area (Å²) in [7, 11) is 0. The predicted molar refractivity (Wildman–Crippen MR) is 72.9 cm³/mol. The van der Waals surface area contributed by atoms with E-state index in [9.17, 15) is 4.79 Å². The van der Waals surface area contributed by atoms with Crippen LogP contribution in [0.5, 0.6) is 0 Å². The van der Waals surface area contributed by atoms with E-state index in [2.05, 4.69) is 10.1 Å². The van der Waals surface area contributed by atoms with Gasteiger partial charge in [0.2, 0.25) is 0 Å². The molecule has 2 heterocycles. The van der Waals surface area contributed by atoms with Gasteiger partial charge in [0, 0.05) is 17.5 Å². The number of hydrogen-bond donors (Lipinski definition) is 1. The molecule has 19 heavy (non-hydrogen) atoms. The Morgan fingerprint density at radius 1 is 1.47 bits per heavy atom. The van der Waals surface area contributed by atoms with E-state index in [1.165, 1.54) is 0 Å². The van der Waals surface area contributed by atoms with Crippen molar-refractivity contribution < 1.29 is 4.79 Å². The zero-order valence-corrected chi connectivity index (χ0v) is 11.4. The Hall–Kier alpha value is -2.17. The van der Waals surface area contributed by atoms with Gasteiger partial charge < -0.3 is 5.73 Å². The molecule has 0 spiro atoms. The normalized spacial score (nSPS) is 12.4. The standard InChI is InChI=1S/C14H18N4O/c1-4-12-9(2)13(14(15)19)17-18(12)10(3)11-7-5-6-8-16-11/h5-8,10H,4H2,1-3H3,(H2,15,19). The third-order valence-electron chi connectivity index (χ3n) is 3.32. The lowest BCUT2D eigenvalue weighted by Crippen LogP contribution is -2.15. The second-order valence-electron chi connectivity index (χ2n) is 4.51. The van der Waals surface area contributed by atoms with Crippen LogP contribution in [0.2, 0.25) is 0 Å². The number of carbonyl (C=O) groups is 1. The number of carbonyl (C=O) groups excluding carboxylic acids is 1. The van der Waals surface area contributed by atoms with Crippen molar-refractivity contribution in [1.82, 2.24) is 14.8 Å². The minimum Gasteiger partial charge on any atom is -0.364 e. The molecule has 0 radical (unpaired) electrons. The van der Waals surface area contributed by atoms with E-state index in [4.69, 9.17) is 5.73 Å². The molecule has 2 aromatic rings. The number of nitrogens with zero attached hydrogens (tertiary/aromatic N) is 3. The number of pyridine rings is 1. The molecule has 0 aliphatic heterocycles. The molecule has 1 atom stereocenters. The Labute approximate surface area is 112 Å². The third kappa shape index (κ3) is 2.36. The van der Waals surface area contributed by atoms with Crippen LogP contribution >= 0.6 is 0 Å². The number of amides is 1. The first-order valence-electron chi connectivity index (χ1n) is 6.35. The fourth-order valence-electron chi connectivity index (χ4n) is 2.28. The van der Waals surface area contributed by atoms with Gasteiger partial charge in [-0.15, -0.1) is 0 Å². The van der Waals surface area contributed by atoms with Crippen LogP contribution in [0.15, 0.2) is 24.4 Å². The molecular formula is C14H18N4O. The van der Waals surface area contributed by atoms with Crippen LogP contribution in [0, 0.1) is 6.92 Å². The molecule has 0 aliphatic rings. The van der Waals surface area contributed by atoms with Gasteiger partial charge in [-0.1, -0.05) is 13.0 Å². The SMILES string of the molecule is CCc1c(C)c(C(N)=O)nn1C(C)c1ccccn1. The highest BCUT2D eigenvalue weighted by Gasteiger charge is 2.21. The van der Waals surface area contributed by atoms with Gasteiger partial charge in [0.25, 0.3) is 5.91 Å². The van der Waals surface area contributed by atoms with Crippen LogP contribution in [0.25, 0.3) is 0 Å². The summed E-state index contributed by atoms with van der Waals surface area (Å²) in [5.74, 6) is -0.487. The minimum atomic E-state index is -0.487. The summed E-state index contributed by atoms with van der Waals surface area (Å²) in [5, 5.41) is 4.36. The van der Waals surface area contributed by atoms with Crippen LogP contribution in [0.1, 0.15) is 47.3 Å². The Kier molecular flexibility index (Phi) is 3.64. The van der Waals surface area contributed by atoms with Crippen LogP contribution in [-0.2, 0) is 6.42 Å². The first kappa shape index (κ1) is 13.3. The molecule has 2 rings (SSSR count). The summed E-state index contributed by atoms with van der Waals surface area (Å²) >= 11 is 0. The van der Waals surface area contributed by atoms with Crippen molar-refractivity contribution in [1.29, 1.82) is 0 Å². The molecule has 1 unspecified atom stereocenters. The second-order valence-corrected chi connectivity index (χ2v) is 4.51. The van der Waals surface area contributed by atoms with E-state index in [1.807, 2.05) is 43.7 Å². The van der Waals surface area contributed by atoms with Crippen molar-refractivity contribution in [2.75, 3.05) is 0 Å². The summed E-state index contributed by atoms with van der Waals surface area (Å²) in [5.41, 5.74) is 8.50. The molecule has 1 amide bonds. The molecular weight excluding hydrogens is 240 g/mol. The maximum absolute atomic E-state index is 11.4. The van der Waals surface area contributed by atoms with Crippen molar-refractivity contribution >= 4 is 5.91 Å². The smallest absolute Gasteiger partial charge is 0.269 e. The molecule has 5 heteroatoms. The van der Waals surface area contributed by atoms with E-state index in [0.717, 1.165) is 23.4 Å². The average molecular weight is 258 g/mol. The number of hydrogen-bond acceptors (Lipinski definition) is 3. The summed E-state index contributed by atoms with van der Waals surface area (Å²) in [6.45, 7) is 5.93. The van der Waals surface area contributed by atoms with Crippen LogP contribution in [0.4, 0.5) is 0 Å². The predicted octanol–water partition coefficient (Wildman–Crippen LogP) is 1.86. The topological polar surface area (TPSA) is 73.8 Å². The summed E-state index contributed by atoms with van der Waals surface area (Å²) in [6, 6.07) is 5.74. The Morgan fingerprint density at radius 2 is 2.21 bits per heavy atom. The molecule has 100 valence electrons. The van der Waals surface area contributed by atoms with Crippen LogP contribution < -0.4 is 5.73 Å². The summed E-state index contributed by atoms with van der Waals surface area (Å²) < 4.78 is 1.84. The molecule has 0 saturated carbocycles. The fourth-order valence-corrected chi connectivity index (χ4v) is 2.28. The Bertz CT molecular complexity index is 589. The molecule has 0 fully saturated rings. The lowest BCUT2D eigenvalue weighted by Gasteiger charge is -2.14. The number of rotatable bonds is 4. The molecule has 2 N–H and O–H groups in total. The van der Waals surface area contributed by atoms with Gasteiger partial charge in [-0.3, -0.25) is 14.5 Å². The van der Waals surface area contributed by atoms with E-state index in [1.54, 1.807) is 6.20 Å². The molecule has 5 nitrogen and oxygen atoms in total. The van der Waals surface area contributed by atoms with Crippen LogP contribution in [0.3, 0.4) is 0 Å². The quantitative estimate of drug-likeness (QED) is 0.909. The van der Waals surface area contributed by atoms with Gasteiger partial charge in [-0.05, 0) is 32.4 Å². The van der Waals surface area contributed by atoms with E-state index in [-0.39, 0.29) is 6.04 Å². The molecule has 0 saturated heterocycles. The molecule has 0 aliphatic carbocycles. The lowest BCUT2D eigenvalue weighted by atomic mass is 10.1. The first-order chi connectivity index (χ1) is 9.06. The highest BCUT2D eigenvalue weighted by Crippen LogP contribution is 2.22. The van der Waals surface area contributed by atoms with Gasteiger partial charge in [-0.25, -0.2) is 0 Å². The monoisotopic (exact) mass is 258 g/mol. The maximum atomic E-state index is 11.4. The van der Waals surface area contributed by atoms with Gasteiger partial charge in [0.1, 0.15) is 0 Å². The van der Waals surface area contributed by atoms with Crippen LogP contribution in [-0.4, -0.2) is 20.7 Å². The number of aromatic nitrogens is 3. The van der Waals surface area contributed by atoms with Crippen molar-refractivity contribution in [3.05, 3.63) is 47.0 Å². The van der Waals surface area contributed by atoms with Crippen molar-refractivity contribution in [3.63, 3.8) is 0 Å². The molecule has 0 aromatic carbocycles. The maximum Gasteiger partial charge on any atom is 0.269 e. The average Bonchev–Trinajstić information content (AvgIpc) is 2.76. The summed E-state index contributed by atoms with van der Waals surface area (Å²) in [4.78, 5) is 15.7. The zero-order chi connectivity index (χ0) is 14.0. The van der Waals surface area contributed by atoms with Gasteiger partial charge in [0.05, 0.1) is 11.7 Å². The minimum absolute atomic E-state index is 0.0250. The molecule has 0 bridgehead atoms. The van der Waals surface area contributed by atoms with Gasteiger partial charge >= 0.3 is 0 Å². The first-order valence-corrected chi connectivity index (χ1v) is 6.35. The highest BCUT2D eigenvalue weighted by atomic mass is 16.1. The fraction of sp³-hybridized carbons (Fsp3) is 0.357. The summed E-state index contributed by atoms with van der Waals surface area (Å²) in [6.07, 6.45) is 2.55. The largest absolute Gasteiger partial charge is 0.364 e. The Morgan fingerprint density at radius 3 is 2.74 bits per heavy atom. The lowest BCUT2D eigenvalue weighted by molar-refractivity contribution is 0.0994. The van der Waals surface area contributed by atoms with E-state index >= 15 is 0 Å². The highest BCUT2D eigenvalue weighted by molar-refractivity contribution is 5.92. The molecule has 2 aromatic heterocycles. The number of nitrogens with two attached hydrogens (primary N) is 1. The van der Waals surface area contributed by atoms with Crippen molar-refractivity contribution in [3.8, 4) is 0 Å². The second kappa shape index (κ2) is 5.22. The third-order valence-corrected chi connectivity index (χ3v) is 3.32. The Balaban J connectivity index is 2.50. The van der Waals surface area contributed by atoms with Crippen molar-refractivity contribution in [2.45, 2.75) is 33.2 Å². The van der Waals surface area contributed by atoms with E-state index < -0.39 is 5.91 Å². The van der Waals surface area contributed by atoms with Gasteiger partial charge in [-0.2, -0.15) is 5.10 Å². The van der Waals surface area contributed by atoms with Gasteiger partial charge in [0.15, 0.2) is 5.69 Å².